The number of benzene rings is 1. The van der Waals surface area contributed by atoms with E-state index in [4.69, 9.17) is 5.73 Å². The number of Topliss-reactive ketones (excluding diaryl/α,β-unsaturated/α-hetero) is 1. The molecule has 20 heavy (non-hydrogen) atoms. The number of nitrogens with two attached hydrogens (primary N) is 1. The first-order valence-electron chi connectivity index (χ1n) is 6.53. The summed E-state index contributed by atoms with van der Waals surface area (Å²) in [4.78, 5) is 11.3. The maximum Gasteiger partial charge on any atom is 0.161 e. The molecule has 1 aromatic heterocycles. The predicted molar refractivity (Wildman–Crippen MR) is 80.9 cm³/mol. The number of hydrogen-bond donors (Lipinski definition) is 2. The van der Waals surface area contributed by atoms with Gasteiger partial charge >= 0.3 is 0 Å². The van der Waals surface area contributed by atoms with Crippen molar-refractivity contribution in [3.63, 3.8) is 0 Å². The molecule has 2 aromatic rings. The van der Waals surface area contributed by atoms with Gasteiger partial charge in [-0.3, -0.25) is 9.48 Å². The van der Waals surface area contributed by atoms with Crippen molar-refractivity contribution in [3.05, 3.63) is 40.7 Å². The number of aryl methyl sites for hydroxylation is 2. The summed E-state index contributed by atoms with van der Waals surface area (Å²) in [6.07, 6.45) is 0. The standard InChI is InChI=1S/C15H20N4O/c1-9-14(10(2)19(4)18-9)8-17-12-5-6-13(11(3)20)15(16)7-12/h5-7,17H,8,16H2,1-4H3. The molecule has 0 aliphatic rings. The van der Waals surface area contributed by atoms with Crippen molar-refractivity contribution < 1.29 is 4.79 Å². The van der Waals surface area contributed by atoms with Gasteiger partial charge in [-0.15, -0.1) is 0 Å². The number of nitrogens with zero attached hydrogens (tertiary/aromatic N) is 2. The smallest absolute Gasteiger partial charge is 0.161 e. The summed E-state index contributed by atoms with van der Waals surface area (Å²) < 4.78 is 1.87. The van der Waals surface area contributed by atoms with Crippen molar-refractivity contribution in [2.75, 3.05) is 11.1 Å². The van der Waals surface area contributed by atoms with Crippen molar-refractivity contribution in [1.29, 1.82) is 0 Å². The molecular weight excluding hydrogens is 252 g/mol. The molecule has 0 aliphatic heterocycles. The van der Waals surface area contributed by atoms with E-state index < -0.39 is 0 Å². The van der Waals surface area contributed by atoms with Crippen molar-refractivity contribution in [1.82, 2.24) is 9.78 Å². The maximum atomic E-state index is 11.3. The molecule has 0 aliphatic carbocycles. The molecule has 0 unspecified atom stereocenters. The second kappa shape index (κ2) is 5.36. The second-order valence-corrected chi connectivity index (χ2v) is 4.98. The first kappa shape index (κ1) is 14.1. The first-order chi connectivity index (χ1) is 9.40. The number of nitrogen functional groups attached to an aromatic ring is 1. The van der Waals surface area contributed by atoms with Crippen LogP contribution in [-0.4, -0.2) is 15.6 Å². The number of ketones is 1. The molecule has 1 heterocycles. The Hall–Kier alpha value is -2.30. The molecule has 0 fully saturated rings. The van der Waals surface area contributed by atoms with E-state index in [0.29, 0.717) is 17.8 Å². The Bertz CT molecular complexity index is 658. The monoisotopic (exact) mass is 272 g/mol. The average Bonchev–Trinajstić information content (AvgIpc) is 2.61. The molecule has 0 saturated carbocycles. The van der Waals surface area contributed by atoms with Gasteiger partial charge in [0.25, 0.3) is 0 Å². The van der Waals surface area contributed by atoms with Gasteiger partial charge in [0.15, 0.2) is 5.78 Å². The highest BCUT2D eigenvalue weighted by Gasteiger charge is 2.10. The van der Waals surface area contributed by atoms with Crippen LogP contribution in [0, 0.1) is 13.8 Å². The quantitative estimate of drug-likeness (QED) is 0.662. The molecule has 3 N–H and O–H groups in total. The van der Waals surface area contributed by atoms with Gasteiger partial charge in [-0.05, 0) is 39.0 Å². The van der Waals surface area contributed by atoms with Crippen LogP contribution < -0.4 is 11.1 Å². The lowest BCUT2D eigenvalue weighted by atomic mass is 10.1. The molecule has 5 heteroatoms. The maximum absolute atomic E-state index is 11.3. The lowest BCUT2D eigenvalue weighted by Gasteiger charge is -2.09. The van der Waals surface area contributed by atoms with Crippen LogP contribution >= 0.6 is 0 Å². The van der Waals surface area contributed by atoms with Gasteiger partial charge in [0.2, 0.25) is 0 Å². The first-order valence-corrected chi connectivity index (χ1v) is 6.53. The Balaban J connectivity index is 2.15. The van der Waals surface area contributed by atoms with Crippen LogP contribution in [0.25, 0.3) is 0 Å². The highest BCUT2D eigenvalue weighted by atomic mass is 16.1. The number of nitrogens with one attached hydrogen (secondary N) is 1. The number of rotatable bonds is 4. The van der Waals surface area contributed by atoms with Crippen LogP contribution in [-0.2, 0) is 13.6 Å². The zero-order chi connectivity index (χ0) is 14.9. The van der Waals surface area contributed by atoms with E-state index in [0.717, 1.165) is 17.1 Å². The fraction of sp³-hybridized carbons (Fsp3) is 0.333. The van der Waals surface area contributed by atoms with Crippen LogP contribution in [0.2, 0.25) is 0 Å². The molecule has 0 bridgehead atoms. The van der Waals surface area contributed by atoms with Crippen molar-refractivity contribution >= 4 is 17.2 Å². The molecule has 1 aromatic carbocycles. The van der Waals surface area contributed by atoms with E-state index >= 15 is 0 Å². The SMILES string of the molecule is CC(=O)c1ccc(NCc2c(C)nn(C)c2C)cc1N. The Morgan fingerprint density at radius 1 is 1.40 bits per heavy atom. The van der Waals surface area contributed by atoms with Crippen LogP contribution in [0.4, 0.5) is 11.4 Å². The molecule has 0 saturated heterocycles. The highest BCUT2D eigenvalue weighted by Crippen LogP contribution is 2.20. The Kier molecular flexibility index (Phi) is 3.79. The summed E-state index contributed by atoms with van der Waals surface area (Å²) in [7, 11) is 1.94. The summed E-state index contributed by atoms with van der Waals surface area (Å²) in [6.45, 7) is 6.24. The van der Waals surface area contributed by atoms with E-state index in [9.17, 15) is 4.79 Å². The highest BCUT2D eigenvalue weighted by molar-refractivity contribution is 5.99. The molecule has 0 atom stereocenters. The van der Waals surface area contributed by atoms with Gasteiger partial charge < -0.3 is 11.1 Å². The average molecular weight is 272 g/mol. The third-order valence-corrected chi connectivity index (χ3v) is 3.56. The van der Waals surface area contributed by atoms with E-state index in [1.54, 1.807) is 12.1 Å². The largest absolute Gasteiger partial charge is 0.398 e. The number of anilines is 2. The number of aromatic nitrogens is 2. The van der Waals surface area contributed by atoms with E-state index in [1.807, 2.05) is 31.6 Å². The summed E-state index contributed by atoms with van der Waals surface area (Å²) >= 11 is 0. The summed E-state index contributed by atoms with van der Waals surface area (Å²) in [5, 5.41) is 7.70. The van der Waals surface area contributed by atoms with Gasteiger partial charge in [0.05, 0.1) is 5.69 Å². The normalized spacial score (nSPS) is 10.6. The fourth-order valence-electron chi connectivity index (χ4n) is 2.26. The van der Waals surface area contributed by atoms with Gasteiger partial charge in [0.1, 0.15) is 0 Å². The summed E-state index contributed by atoms with van der Waals surface area (Å²) in [5.41, 5.74) is 11.2. The molecule has 2 rings (SSSR count). The Morgan fingerprint density at radius 3 is 2.60 bits per heavy atom. The minimum Gasteiger partial charge on any atom is -0.398 e. The van der Waals surface area contributed by atoms with Crippen LogP contribution in [0.1, 0.15) is 34.2 Å². The molecule has 0 amide bonds. The Morgan fingerprint density at radius 2 is 2.10 bits per heavy atom. The lowest BCUT2D eigenvalue weighted by Crippen LogP contribution is -2.05. The fourth-order valence-corrected chi connectivity index (χ4v) is 2.26. The molecule has 5 nitrogen and oxygen atoms in total. The minimum atomic E-state index is -0.0204. The molecule has 106 valence electrons. The predicted octanol–water partition coefficient (Wildman–Crippen LogP) is 2.43. The number of hydrogen-bond acceptors (Lipinski definition) is 4. The molecule has 0 radical (unpaired) electrons. The van der Waals surface area contributed by atoms with Crippen molar-refractivity contribution in [2.45, 2.75) is 27.3 Å². The second-order valence-electron chi connectivity index (χ2n) is 4.98. The Labute approximate surface area is 118 Å². The summed E-state index contributed by atoms with van der Waals surface area (Å²) in [6, 6.07) is 5.41. The zero-order valence-corrected chi connectivity index (χ0v) is 12.3. The van der Waals surface area contributed by atoms with Gasteiger partial charge in [-0.2, -0.15) is 5.10 Å². The third-order valence-electron chi connectivity index (χ3n) is 3.56. The number of carbonyl (C=O) groups is 1. The van der Waals surface area contributed by atoms with E-state index in [-0.39, 0.29) is 5.78 Å². The molecule has 0 spiro atoms. The summed E-state index contributed by atoms with van der Waals surface area (Å²) in [5.74, 6) is -0.0204. The van der Waals surface area contributed by atoms with Crippen LogP contribution in [0.5, 0.6) is 0 Å². The van der Waals surface area contributed by atoms with Crippen LogP contribution in [0.3, 0.4) is 0 Å². The topological polar surface area (TPSA) is 72.9 Å². The van der Waals surface area contributed by atoms with Crippen molar-refractivity contribution in [3.8, 4) is 0 Å². The van der Waals surface area contributed by atoms with Crippen molar-refractivity contribution in [2.24, 2.45) is 7.05 Å². The van der Waals surface area contributed by atoms with Gasteiger partial charge in [-0.25, -0.2) is 0 Å². The third kappa shape index (κ3) is 2.66. The zero-order valence-electron chi connectivity index (χ0n) is 12.3. The van der Waals surface area contributed by atoms with Gasteiger partial charge in [-0.1, -0.05) is 0 Å². The van der Waals surface area contributed by atoms with E-state index in [2.05, 4.69) is 10.4 Å². The van der Waals surface area contributed by atoms with Crippen LogP contribution in [0.15, 0.2) is 18.2 Å². The minimum absolute atomic E-state index is 0.0204. The van der Waals surface area contributed by atoms with Gasteiger partial charge in [0, 0.05) is 41.8 Å². The molecular formula is C15H20N4O. The number of carbonyl (C=O) groups excluding carboxylic acids is 1. The lowest BCUT2D eigenvalue weighted by molar-refractivity contribution is 0.101. The van der Waals surface area contributed by atoms with E-state index in [1.165, 1.54) is 12.5 Å².